The molecule has 0 saturated carbocycles. The van der Waals surface area contributed by atoms with Gasteiger partial charge < -0.3 is 5.11 Å². The molecule has 0 unspecified atom stereocenters. The van der Waals surface area contributed by atoms with E-state index in [2.05, 4.69) is 36.8 Å². The molecule has 1 aromatic carbocycles. The van der Waals surface area contributed by atoms with E-state index in [1.54, 1.807) is 12.1 Å². The summed E-state index contributed by atoms with van der Waals surface area (Å²) < 4.78 is 1.50. The van der Waals surface area contributed by atoms with E-state index in [1.165, 1.54) is 0 Å². The van der Waals surface area contributed by atoms with Crippen molar-refractivity contribution in [1.29, 1.82) is 0 Å². The molecule has 1 heterocycles. The van der Waals surface area contributed by atoms with Gasteiger partial charge in [-0.2, -0.15) is 0 Å². The van der Waals surface area contributed by atoms with Gasteiger partial charge >= 0.3 is 0 Å². The van der Waals surface area contributed by atoms with Crippen molar-refractivity contribution in [2.45, 2.75) is 0 Å². The Morgan fingerprint density at radius 2 is 1.92 bits per heavy atom. The van der Waals surface area contributed by atoms with Crippen molar-refractivity contribution >= 4 is 42.6 Å². The summed E-state index contributed by atoms with van der Waals surface area (Å²) in [4.78, 5) is 4.17. The lowest BCUT2D eigenvalue weighted by Gasteiger charge is -2.01. The van der Waals surface area contributed by atoms with Crippen LogP contribution in [0.5, 0.6) is 5.75 Å². The molecule has 2 aromatic rings. The lowest BCUT2D eigenvalue weighted by atomic mass is 10.2. The third-order valence-electron chi connectivity index (χ3n) is 1.74. The number of hydrogen-bond donors (Lipinski definition) is 1. The first kappa shape index (κ1) is 8.97. The molecule has 0 fully saturated rings. The first-order valence-corrected chi connectivity index (χ1v) is 5.20. The topological polar surface area (TPSA) is 33.1 Å². The van der Waals surface area contributed by atoms with E-state index >= 15 is 0 Å². The molecule has 0 spiro atoms. The van der Waals surface area contributed by atoms with Gasteiger partial charge in [-0.25, -0.2) is 4.98 Å². The van der Waals surface area contributed by atoms with Crippen LogP contribution in [0.15, 0.2) is 33.5 Å². The van der Waals surface area contributed by atoms with E-state index in [4.69, 9.17) is 0 Å². The van der Waals surface area contributed by atoms with E-state index in [0.717, 1.165) is 20.0 Å². The maximum absolute atomic E-state index is 9.26. The Balaban J connectivity index is 2.87. The number of pyridine rings is 1. The lowest BCUT2D eigenvalue weighted by molar-refractivity contribution is 0.476. The predicted molar refractivity (Wildman–Crippen MR) is 58.8 cm³/mol. The normalized spacial score (nSPS) is 10.6. The molecule has 0 aliphatic rings. The SMILES string of the molecule is Oc1ccc2cc(Br)nc(Br)c2c1. The van der Waals surface area contributed by atoms with Crippen LogP contribution in [0.25, 0.3) is 10.8 Å². The zero-order valence-corrected chi connectivity index (χ0v) is 9.63. The van der Waals surface area contributed by atoms with Gasteiger partial charge in [0.1, 0.15) is 15.0 Å². The van der Waals surface area contributed by atoms with Crippen LogP contribution in [0, 0.1) is 0 Å². The molecule has 0 radical (unpaired) electrons. The molecule has 0 aliphatic carbocycles. The fourth-order valence-electron chi connectivity index (χ4n) is 1.16. The molecule has 0 saturated heterocycles. The van der Waals surface area contributed by atoms with E-state index < -0.39 is 0 Å². The molecule has 1 aromatic heterocycles. The van der Waals surface area contributed by atoms with Crippen LogP contribution in [0.2, 0.25) is 0 Å². The fraction of sp³-hybridized carbons (Fsp3) is 0. The summed E-state index contributed by atoms with van der Waals surface area (Å²) in [6.45, 7) is 0. The second-order valence-corrected chi connectivity index (χ2v) is 4.20. The summed E-state index contributed by atoms with van der Waals surface area (Å²) in [6.07, 6.45) is 0. The summed E-state index contributed by atoms with van der Waals surface area (Å²) >= 11 is 6.63. The van der Waals surface area contributed by atoms with E-state index in [0.29, 0.717) is 0 Å². The summed E-state index contributed by atoms with van der Waals surface area (Å²) in [5.74, 6) is 0.248. The van der Waals surface area contributed by atoms with E-state index in [1.807, 2.05) is 12.1 Å². The Bertz CT molecular complexity index is 470. The van der Waals surface area contributed by atoms with Gasteiger partial charge in [0.25, 0.3) is 0 Å². The average Bonchev–Trinajstić information content (AvgIpc) is 2.06. The summed E-state index contributed by atoms with van der Waals surface area (Å²) in [7, 11) is 0. The van der Waals surface area contributed by atoms with Crippen molar-refractivity contribution in [1.82, 2.24) is 4.98 Å². The van der Waals surface area contributed by atoms with E-state index in [9.17, 15) is 5.11 Å². The van der Waals surface area contributed by atoms with Crippen LogP contribution in [-0.2, 0) is 0 Å². The molecule has 0 atom stereocenters. The fourth-order valence-corrected chi connectivity index (χ4v) is 2.36. The van der Waals surface area contributed by atoms with Crippen LogP contribution >= 0.6 is 31.9 Å². The number of fused-ring (bicyclic) bond motifs is 1. The molecule has 0 aliphatic heterocycles. The maximum atomic E-state index is 9.26. The van der Waals surface area contributed by atoms with Crippen molar-refractivity contribution < 1.29 is 5.11 Å². The minimum atomic E-state index is 0.248. The minimum Gasteiger partial charge on any atom is -0.508 e. The monoisotopic (exact) mass is 301 g/mol. The number of aromatic nitrogens is 1. The van der Waals surface area contributed by atoms with Crippen LogP contribution in [0.1, 0.15) is 0 Å². The number of halogens is 2. The highest BCUT2D eigenvalue weighted by molar-refractivity contribution is 9.11. The number of aromatic hydroxyl groups is 1. The largest absolute Gasteiger partial charge is 0.508 e. The molecule has 13 heavy (non-hydrogen) atoms. The van der Waals surface area contributed by atoms with Crippen molar-refractivity contribution in [2.75, 3.05) is 0 Å². The number of benzene rings is 1. The average molecular weight is 303 g/mol. The molecule has 2 rings (SSSR count). The van der Waals surface area contributed by atoms with Crippen molar-refractivity contribution in [3.05, 3.63) is 33.5 Å². The Kier molecular flexibility index (Phi) is 2.26. The standard InChI is InChI=1S/C9H5Br2NO/c10-8-3-5-1-2-6(13)4-7(5)9(11)12-8/h1-4,13H. The van der Waals surface area contributed by atoms with Gasteiger partial charge in [0, 0.05) is 5.39 Å². The van der Waals surface area contributed by atoms with Crippen molar-refractivity contribution in [3.8, 4) is 5.75 Å². The highest BCUT2D eigenvalue weighted by Gasteiger charge is 2.02. The molecule has 4 heteroatoms. The highest BCUT2D eigenvalue weighted by Crippen LogP contribution is 2.27. The Morgan fingerprint density at radius 1 is 1.15 bits per heavy atom. The molecule has 0 amide bonds. The van der Waals surface area contributed by atoms with Crippen LogP contribution in [0.3, 0.4) is 0 Å². The number of hydrogen-bond acceptors (Lipinski definition) is 2. The number of nitrogens with zero attached hydrogens (tertiary/aromatic N) is 1. The van der Waals surface area contributed by atoms with Crippen LogP contribution in [0.4, 0.5) is 0 Å². The predicted octanol–water partition coefficient (Wildman–Crippen LogP) is 3.47. The quantitative estimate of drug-likeness (QED) is 0.756. The molecule has 66 valence electrons. The van der Waals surface area contributed by atoms with Gasteiger partial charge in [0.2, 0.25) is 0 Å². The summed E-state index contributed by atoms with van der Waals surface area (Å²) in [6, 6.07) is 7.08. The Labute approximate surface area is 91.9 Å². The van der Waals surface area contributed by atoms with Gasteiger partial charge in [-0.05, 0) is 55.4 Å². The molecule has 0 bridgehead atoms. The molecule has 1 N–H and O–H groups in total. The Hall–Kier alpha value is -0.610. The zero-order chi connectivity index (χ0) is 9.42. The molecule has 2 nitrogen and oxygen atoms in total. The third kappa shape index (κ3) is 1.69. The molecular weight excluding hydrogens is 298 g/mol. The van der Waals surface area contributed by atoms with Crippen molar-refractivity contribution in [2.24, 2.45) is 0 Å². The van der Waals surface area contributed by atoms with Crippen LogP contribution in [-0.4, -0.2) is 10.1 Å². The third-order valence-corrected chi connectivity index (χ3v) is 2.75. The van der Waals surface area contributed by atoms with Crippen LogP contribution < -0.4 is 0 Å². The van der Waals surface area contributed by atoms with Gasteiger partial charge in [-0.15, -0.1) is 0 Å². The number of phenolic OH excluding ortho intramolecular Hbond substituents is 1. The van der Waals surface area contributed by atoms with Gasteiger partial charge in [0.05, 0.1) is 0 Å². The first-order chi connectivity index (χ1) is 6.16. The van der Waals surface area contributed by atoms with Gasteiger partial charge in [0.15, 0.2) is 0 Å². The zero-order valence-electron chi connectivity index (χ0n) is 6.46. The molecular formula is C9H5Br2NO. The second kappa shape index (κ2) is 3.27. The smallest absolute Gasteiger partial charge is 0.116 e. The minimum absolute atomic E-state index is 0.248. The maximum Gasteiger partial charge on any atom is 0.116 e. The number of rotatable bonds is 0. The lowest BCUT2D eigenvalue weighted by Crippen LogP contribution is -1.81. The highest BCUT2D eigenvalue weighted by atomic mass is 79.9. The Morgan fingerprint density at radius 3 is 2.69 bits per heavy atom. The van der Waals surface area contributed by atoms with E-state index in [-0.39, 0.29) is 5.75 Å². The summed E-state index contributed by atoms with van der Waals surface area (Å²) in [5.41, 5.74) is 0. The van der Waals surface area contributed by atoms with Gasteiger partial charge in [-0.1, -0.05) is 6.07 Å². The van der Waals surface area contributed by atoms with Crippen molar-refractivity contribution in [3.63, 3.8) is 0 Å². The number of phenols is 1. The van der Waals surface area contributed by atoms with Gasteiger partial charge in [-0.3, -0.25) is 0 Å². The summed E-state index contributed by atoms with van der Waals surface area (Å²) in [5, 5.41) is 11.2. The second-order valence-electron chi connectivity index (χ2n) is 2.64. The first-order valence-electron chi connectivity index (χ1n) is 3.61.